The Labute approximate surface area is 316 Å². The van der Waals surface area contributed by atoms with Crippen molar-refractivity contribution in [1.82, 2.24) is 19.4 Å². The highest BCUT2D eigenvalue weighted by molar-refractivity contribution is 7.90. The van der Waals surface area contributed by atoms with Crippen molar-refractivity contribution < 1.29 is 23.1 Å². The van der Waals surface area contributed by atoms with Gasteiger partial charge in [-0.2, -0.15) is 0 Å². The van der Waals surface area contributed by atoms with E-state index in [0.29, 0.717) is 36.8 Å². The second-order valence-electron chi connectivity index (χ2n) is 16.3. The van der Waals surface area contributed by atoms with Crippen LogP contribution in [0.2, 0.25) is 5.02 Å². The van der Waals surface area contributed by atoms with Crippen LogP contribution in [0.3, 0.4) is 0 Å². The number of aryl methyl sites for hydroxylation is 1. The van der Waals surface area contributed by atoms with Crippen LogP contribution in [0.4, 0.5) is 5.69 Å². The van der Waals surface area contributed by atoms with E-state index in [1.54, 1.807) is 25.1 Å². The third kappa shape index (κ3) is 9.44. The van der Waals surface area contributed by atoms with E-state index in [9.17, 15) is 18.3 Å². The number of benzene rings is 2. The third-order valence-corrected chi connectivity index (χ3v) is 14.6. The Kier molecular flexibility index (Phi) is 12.8. The van der Waals surface area contributed by atoms with E-state index in [0.717, 1.165) is 102 Å². The minimum atomic E-state index is -3.94. The molecule has 3 heterocycles. The molecule has 1 amide bonds. The molecule has 12 heteroatoms. The second-order valence-corrected chi connectivity index (χ2v) is 18.8. The number of nitrogens with zero attached hydrogens (tertiary/aromatic N) is 4. The van der Waals surface area contributed by atoms with Crippen LogP contribution in [0, 0.1) is 17.8 Å². The zero-order chi connectivity index (χ0) is 37.0. The molecule has 2 fully saturated rings. The number of hydrogen-bond acceptors (Lipinski definition) is 9. The fourth-order valence-electron chi connectivity index (χ4n) is 8.69. The van der Waals surface area contributed by atoms with Gasteiger partial charge in [0.25, 0.3) is 5.91 Å². The predicted molar refractivity (Wildman–Crippen MR) is 209 cm³/mol. The van der Waals surface area contributed by atoms with Crippen molar-refractivity contribution >= 4 is 33.2 Å². The maximum atomic E-state index is 13.6. The van der Waals surface area contributed by atoms with E-state index in [4.69, 9.17) is 16.3 Å². The summed E-state index contributed by atoms with van der Waals surface area (Å²) in [7, 11) is 0.281. The van der Waals surface area contributed by atoms with Crippen LogP contribution < -0.4 is 14.4 Å². The number of ether oxygens (including phenoxy) is 1. The van der Waals surface area contributed by atoms with Gasteiger partial charge in [-0.15, -0.1) is 0 Å². The lowest BCUT2D eigenvalue weighted by Gasteiger charge is -2.51. The van der Waals surface area contributed by atoms with Crippen LogP contribution in [0.1, 0.15) is 80.3 Å². The summed E-state index contributed by atoms with van der Waals surface area (Å²) in [5, 5.41) is 12.7. The van der Waals surface area contributed by atoms with E-state index in [1.807, 2.05) is 25.1 Å². The fourth-order valence-corrected chi connectivity index (χ4v) is 10.2. The molecule has 2 N–H and O–H groups in total. The minimum Gasteiger partial charge on any atom is -0.487 e. The van der Waals surface area contributed by atoms with Gasteiger partial charge in [0.1, 0.15) is 12.4 Å². The maximum Gasteiger partial charge on any atom is 0.264 e. The summed E-state index contributed by atoms with van der Waals surface area (Å²) >= 11 is 6.39. The summed E-state index contributed by atoms with van der Waals surface area (Å²) in [5.74, 6) is 0.255. The summed E-state index contributed by atoms with van der Waals surface area (Å²) in [6.07, 6.45) is 6.79. The molecule has 52 heavy (non-hydrogen) atoms. The maximum absolute atomic E-state index is 13.6. The molecule has 4 aliphatic rings. The van der Waals surface area contributed by atoms with Gasteiger partial charge in [-0.25, -0.2) is 13.1 Å². The smallest absolute Gasteiger partial charge is 0.264 e. The first kappa shape index (κ1) is 39.3. The van der Waals surface area contributed by atoms with Gasteiger partial charge in [-0.3, -0.25) is 14.6 Å². The number of β-amino-alcohol motifs (C(OH)–C–C–N with tert-alkyl or cyclic N) is 1. The molecular formula is C40H60ClN5O5S. The Morgan fingerprint density at radius 1 is 0.962 bits per heavy atom. The van der Waals surface area contributed by atoms with Crippen LogP contribution in [0.15, 0.2) is 36.4 Å². The van der Waals surface area contributed by atoms with Gasteiger partial charge >= 0.3 is 0 Å². The summed E-state index contributed by atoms with van der Waals surface area (Å²) in [6.45, 7) is 12.1. The molecule has 5 atom stereocenters. The number of fused-ring (bicyclic) bond motifs is 3. The first-order chi connectivity index (χ1) is 24.8. The molecule has 6 rings (SSSR count). The molecule has 2 aromatic carbocycles. The quantitative estimate of drug-likeness (QED) is 0.423. The van der Waals surface area contributed by atoms with Crippen molar-refractivity contribution in [3.63, 3.8) is 0 Å². The molecule has 0 aromatic heterocycles. The number of likely N-dealkylation sites (N-methyl/N-ethyl adjacent to an activating group) is 1. The number of aliphatic hydroxyl groups is 1. The Morgan fingerprint density at radius 2 is 1.73 bits per heavy atom. The number of carbonyl (C=O) groups is 1. The topological polar surface area (TPSA) is 106 Å². The van der Waals surface area contributed by atoms with Gasteiger partial charge in [-0.05, 0) is 125 Å². The molecule has 10 nitrogen and oxygen atoms in total. The lowest BCUT2D eigenvalue weighted by molar-refractivity contribution is -0.109. The first-order valence-corrected chi connectivity index (χ1v) is 21.4. The first-order valence-electron chi connectivity index (χ1n) is 19.5. The van der Waals surface area contributed by atoms with Crippen LogP contribution >= 0.6 is 11.6 Å². The van der Waals surface area contributed by atoms with Gasteiger partial charge in [0.2, 0.25) is 10.0 Å². The molecular weight excluding hydrogens is 698 g/mol. The van der Waals surface area contributed by atoms with Crippen molar-refractivity contribution in [2.45, 2.75) is 82.7 Å². The number of anilines is 1. The standard InChI is InChI=1S/C40H60ClN5O5S/c1-29-8-7-16-40(48,28-45-22-20-44(21-23-45)19-18-43(3)4)36-14-11-33(36)26-46-17-6-5-9-31-24-35(41)13-10-34(31)27-51-38-15-12-32(25-37(38)46)39(47)42-52(49,50)30(29)2/h10,12-13,15,24-25,29-30,33,36,48H,5-9,11,14,16-23,26-28H2,1-4H3,(H,42,47)/t29-,30+,33-,36+,40-/m0/s1. The number of nitrogens with one attached hydrogen (secondary N) is 1. The lowest BCUT2D eigenvalue weighted by atomic mass is 9.62. The average molecular weight is 758 g/mol. The molecule has 1 saturated heterocycles. The van der Waals surface area contributed by atoms with Crippen LogP contribution in [-0.2, 0) is 23.1 Å². The van der Waals surface area contributed by atoms with Crippen molar-refractivity contribution in [3.8, 4) is 5.75 Å². The lowest BCUT2D eigenvalue weighted by Crippen LogP contribution is -2.58. The minimum absolute atomic E-state index is 0.129. The van der Waals surface area contributed by atoms with Crippen molar-refractivity contribution in [2.75, 3.05) is 77.9 Å². The average Bonchev–Trinajstić information content (AvgIpc) is 3.11. The van der Waals surface area contributed by atoms with Gasteiger partial charge < -0.3 is 19.6 Å². The highest BCUT2D eigenvalue weighted by Gasteiger charge is 2.48. The van der Waals surface area contributed by atoms with Gasteiger partial charge in [0.15, 0.2) is 0 Å². The van der Waals surface area contributed by atoms with Gasteiger partial charge in [-0.1, -0.05) is 31.0 Å². The molecule has 1 aliphatic carbocycles. The van der Waals surface area contributed by atoms with E-state index >= 15 is 0 Å². The zero-order valence-corrected chi connectivity index (χ0v) is 33.2. The number of carbonyl (C=O) groups excluding carboxylic acids is 1. The van der Waals surface area contributed by atoms with E-state index in [-0.39, 0.29) is 23.3 Å². The van der Waals surface area contributed by atoms with E-state index in [2.05, 4.69) is 38.4 Å². The molecule has 1 saturated carbocycles. The molecule has 0 unspecified atom stereocenters. The van der Waals surface area contributed by atoms with Crippen molar-refractivity contribution in [1.29, 1.82) is 0 Å². The zero-order valence-electron chi connectivity index (χ0n) is 31.7. The predicted octanol–water partition coefficient (Wildman–Crippen LogP) is 5.27. The summed E-state index contributed by atoms with van der Waals surface area (Å²) in [4.78, 5) is 23.1. The highest BCUT2D eigenvalue weighted by atomic mass is 35.5. The Bertz CT molecular complexity index is 1650. The Hall–Kier alpha value is -2.41. The number of hydrogen-bond donors (Lipinski definition) is 2. The number of sulfonamides is 1. The SMILES string of the molecule is C[C@@H]1[C@@H](C)CCC[C@](O)(CN2CCN(CCN(C)C)CC2)[C@@H]2CC[C@H]2CN2CCCCc3cc(Cl)ccc3COc3ccc(cc32)C(=O)NS1(=O)=O. The Morgan fingerprint density at radius 3 is 2.46 bits per heavy atom. The molecule has 2 aromatic rings. The number of rotatable bonds is 5. The van der Waals surface area contributed by atoms with Gasteiger partial charge in [0.05, 0.1) is 16.5 Å². The highest BCUT2D eigenvalue weighted by Crippen LogP contribution is 2.46. The van der Waals surface area contributed by atoms with E-state index < -0.39 is 26.8 Å². The van der Waals surface area contributed by atoms with Gasteiger partial charge in [0, 0.05) is 69.5 Å². The van der Waals surface area contributed by atoms with Crippen LogP contribution in [0.25, 0.3) is 0 Å². The van der Waals surface area contributed by atoms with Crippen molar-refractivity contribution in [3.05, 3.63) is 58.1 Å². The second kappa shape index (κ2) is 16.9. The number of halogens is 1. The fraction of sp³-hybridized carbons (Fsp3) is 0.675. The molecule has 0 radical (unpaired) electrons. The normalized spacial score (nSPS) is 29.5. The number of piperazine rings is 1. The largest absolute Gasteiger partial charge is 0.487 e. The van der Waals surface area contributed by atoms with Crippen LogP contribution in [0.5, 0.6) is 5.75 Å². The Balaban J connectivity index is 1.31. The van der Waals surface area contributed by atoms with Crippen molar-refractivity contribution in [2.24, 2.45) is 17.8 Å². The molecule has 0 spiro atoms. The van der Waals surface area contributed by atoms with E-state index in [1.165, 1.54) is 5.56 Å². The summed E-state index contributed by atoms with van der Waals surface area (Å²) in [6, 6.07) is 11.2. The molecule has 3 aliphatic heterocycles. The summed E-state index contributed by atoms with van der Waals surface area (Å²) < 4.78 is 36.0. The third-order valence-electron chi connectivity index (χ3n) is 12.4. The molecule has 2 bridgehead atoms. The summed E-state index contributed by atoms with van der Waals surface area (Å²) in [5.41, 5.74) is 2.46. The molecule has 288 valence electrons. The van der Waals surface area contributed by atoms with Crippen LogP contribution in [-0.4, -0.2) is 118 Å². The monoisotopic (exact) mass is 757 g/mol. The number of amides is 1.